The minimum atomic E-state index is -0.468. The molecule has 1 amide bonds. The number of ether oxygens (including phenoxy) is 1. The molecule has 28 heavy (non-hydrogen) atoms. The van der Waals surface area contributed by atoms with Gasteiger partial charge in [-0.1, -0.05) is 24.3 Å². The van der Waals surface area contributed by atoms with Crippen molar-refractivity contribution in [2.75, 3.05) is 17.7 Å². The number of para-hydroxylation sites is 1. The van der Waals surface area contributed by atoms with E-state index in [0.29, 0.717) is 17.1 Å². The molecule has 0 atom stereocenters. The van der Waals surface area contributed by atoms with Gasteiger partial charge in [0.2, 0.25) is 0 Å². The van der Waals surface area contributed by atoms with E-state index in [-0.39, 0.29) is 11.6 Å². The number of carbonyl (C=O) groups is 2. The summed E-state index contributed by atoms with van der Waals surface area (Å²) in [5.74, 6) is -0.428. The molecule has 7 nitrogen and oxygen atoms in total. The van der Waals surface area contributed by atoms with Crippen molar-refractivity contribution in [3.05, 3.63) is 77.2 Å². The van der Waals surface area contributed by atoms with Crippen LogP contribution >= 0.6 is 0 Å². The number of methoxy groups -OCH3 is 1. The van der Waals surface area contributed by atoms with Crippen LogP contribution in [0.25, 0.3) is 0 Å². The molecular weight excluding hydrogens is 356 g/mol. The van der Waals surface area contributed by atoms with Gasteiger partial charge in [-0.25, -0.2) is 14.8 Å². The summed E-state index contributed by atoms with van der Waals surface area (Å²) in [4.78, 5) is 32.7. The average molecular weight is 376 g/mol. The maximum Gasteiger partial charge on any atom is 0.339 e. The van der Waals surface area contributed by atoms with Crippen molar-refractivity contribution < 1.29 is 14.3 Å². The Bertz CT molecular complexity index is 1030. The zero-order valence-electron chi connectivity index (χ0n) is 15.8. The number of carbonyl (C=O) groups excluding carboxylic acids is 2. The monoisotopic (exact) mass is 376 g/mol. The Labute approximate surface area is 162 Å². The number of hydrogen-bond donors (Lipinski definition) is 2. The summed E-state index contributed by atoms with van der Waals surface area (Å²) in [6.07, 6.45) is 1.29. The van der Waals surface area contributed by atoms with Crippen molar-refractivity contribution in [1.82, 2.24) is 9.97 Å². The third-order valence-electron chi connectivity index (χ3n) is 4.14. The molecule has 3 rings (SSSR count). The van der Waals surface area contributed by atoms with Crippen molar-refractivity contribution in [3.8, 4) is 0 Å². The van der Waals surface area contributed by atoms with Crippen LogP contribution in [0, 0.1) is 13.8 Å². The van der Waals surface area contributed by atoms with Gasteiger partial charge in [-0.2, -0.15) is 0 Å². The third-order valence-corrected chi connectivity index (χ3v) is 4.14. The Morgan fingerprint density at radius 2 is 1.75 bits per heavy atom. The molecule has 0 aliphatic rings. The van der Waals surface area contributed by atoms with Gasteiger partial charge in [0, 0.05) is 11.8 Å². The Morgan fingerprint density at radius 3 is 2.54 bits per heavy atom. The van der Waals surface area contributed by atoms with Gasteiger partial charge in [-0.3, -0.25) is 4.79 Å². The first-order valence-corrected chi connectivity index (χ1v) is 8.63. The molecule has 0 saturated carbocycles. The van der Waals surface area contributed by atoms with E-state index in [9.17, 15) is 9.59 Å². The summed E-state index contributed by atoms with van der Waals surface area (Å²) in [7, 11) is 1.32. The lowest BCUT2D eigenvalue weighted by molar-refractivity contribution is 0.0601. The van der Waals surface area contributed by atoms with Gasteiger partial charge >= 0.3 is 5.97 Å². The van der Waals surface area contributed by atoms with Crippen molar-refractivity contribution in [3.63, 3.8) is 0 Å². The molecule has 7 heteroatoms. The molecular formula is C21H20N4O3. The van der Waals surface area contributed by atoms with Crippen LogP contribution in [0.4, 0.5) is 17.2 Å². The summed E-state index contributed by atoms with van der Waals surface area (Å²) in [6, 6.07) is 14.2. The molecule has 0 aliphatic heterocycles. The lowest BCUT2D eigenvalue weighted by atomic mass is 10.1. The maximum atomic E-state index is 12.6. The van der Waals surface area contributed by atoms with E-state index in [1.165, 1.54) is 19.5 Å². The van der Waals surface area contributed by atoms with Gasteiger partial charge < -0.3 is 15.4 Å². The number of benzene rings is 2. The first-order chi connectivity index (χ1) is 13.5. The van der Waals surface area contributed by atoms with Crippen molar-refractivity contribution in [1.29, 1.82) is 0 Å². The Balaban J connectivity index is 1.82. The fraction of sp³-hybridized carbons (Fsp3) is 0.143. The molecule has 0 fully saturated rings. The standard InChI is InChI=1S/C21H20N4O3/c1-13-8-9-14(2)17(10-13)25-20(26)18-11-19(23-12-22-18)24-16-7-5-4-6-15(16)21(27)28-3/h4-12H,1-3H3,(H,25,26)(H,22,23,24). The van der Waals surface area contributed by atoms with Crippen molar-refractivity contribution >= 4 is 29.1 Å². The summed E-state index contributed by atoms with van der Waals surface area (Å²) in [5.41, 5.74) is 3.82. The summed E-state index contributed by atoms with van der Waals surface area (Å²) < 4.78 is 4.79. The third kappa shape index (κ3) is 4.32. The molecule has 2 N–H and O–H groups in total. The van der Waals surface area contributed by atoms with Gasteiger partial charge in [0.1, 0.15) is 17.8 Å². The zero-order valence-corrected chi connectivity index (χ0v) is 15.8. The topological polar surface area (TPSA) is 93.2 Å². The highest BCUT2D eigenvalue weighted by molar-refractivity contribution is 6.04. The number of anilines is 3. The van der Waals surface area contributed by atoms with Crippen molar-refractivity contribution in [2.45, 2.75) is 13.8 Å². The second-order valence-corrected chi connectivity index (χ2v) is 6.22. The lowest BCUT2D eigenvalue weighted by Gasteiger charge is -2.11. The van der Waals surface area contributed by atoms with Crippen LogP contribution in [0.15, 0.2) is 54.9 Å². The molecule has 1 aromatic heterocycles. The lowest BCUT2D eigenvalue weighted by Crippen LogP contribution is -2.15. The van der Waals surface area contributed by atoms with Crippen LogP contribution < -0.4 is 10.6 Å². The smallest absolute Gasteiger partial charge is 0.339 e. The number of nitrogens with zero attached hydrogens (tertiary/aromatic N) is 2. The van der Waals surface area contributed by atoms with Crippen molar-refractivity contribution in [2.24, 2.45) is 0 Å². The molecule has 142 valence electrons. The van der Waals surface area contributed by atoms with Crippen LogP contribution in [0.5, 0.6) is 0 Å². The fourth-order valence-electron chi connectivity index (χ4n) is 2.62. The summed E-state index contributed by atoms with van der Waals surface area (Å²) in [5, 5.41) is 5.90. The van der Waals surface area contributed by atoms with Crippen LogP contribution in [0.2, 0.25) is 0 Å². The molecule has 3 aromatic rings. The number of rotatable bonds is 5. The number of aryl methyl sites for hydroxylation is 2. The highest BCUT2D eigenvalue weighted by Gasteiger charge is 2.14. The number of amides is 1. The van der Waals surface area contributed by atoms with Gasteiger partial charge in [0.15, 0.2) is 0 Å². The zero-order chi connectivity index (χ0) is 20.1. The minimum absolute atomic E-state index is 0.203. The quantitative estimate of drug-likeness (QED) is 0.657. The van der Waals surface area contributed by atoms with Crippen LogP contribution in [0.1, 0.15) is 32.0 Å². The van der Waals surface area contributed by atoms with E-state index in [1.807, 2.05) is 32.0 Å². The number of hydrogen-bond acceptors (Lipinski definition) is 6. The van der Waals surface area contributed by atoms with E-state index in [2.05, 4.69) is 20.6 Å². The van der Waals surface area contributed by atoms with E-state index < -0.39 is 5.97 Å². The van der Waals surface area contributed by atoms with Gasteiger partial charge in [0.05, 0.1) is 18.4 Å². The molecule has 0 saturated heterocycles. The Hall–Kier alpha value is -3.74. The van der Waals surface area contributed by atoms with Gasteiger partial charge in [-0.15, -0.1) is 0 Å². The highest BCUT2D eigenvalue weighted by Crippen LogP contribution is 2.21. The van der Waals surface area contributed by atoms with Crippen LogP contribution in [-0.4, -0.2) is 29.0 Å². The van der Waals surface area contributed by atoms with Crippen LogP contribution in [0.3, 0.4) is 0 Å². The predicted molar refractivity (Wildman–Crippen MR) is 107 cm³/mol. The molecule has 0 spiro atoms. The van der Waals surface area contributed by atoms with Gasteiger partial charge in [-0.05, 0) is 43.2 Å². The van der Waals surface area contributed by atoms with Crippen LogP contribution in [-0.2, 0) is 4.74 Å². The normalized spacial score (nSPS) is 10.2. The number of nitrogens with one attached hydrogen (secondary N) is 2. The first kappa shape index (κ1) is 19.0. The Kier molecular flexibility index (Phi) is 5.64. The van der Waals surface area contributed by atoms with E-state index in [1.54, 1.807) is 24.3 Å². The molecule has 0 bridgehead atoms. The molecule has 0 radical (unpaired) electrons. The second kappa shape index (κ2) is 8.30. The number of esters is 1. The fourth-order valence-corrected chi connectivity index (χ4v) is 2.62. The Morgan fingerprint density at radius 1 is 0.964 bits per heavy atom. The SMILES string of the molecule is COC(=O)c1ccccc1Nc1cc(C(=O)Nc2cc(C)ccc2C)ncn1. The molecule has 2 aromatic carbocycles. The van der Waals surface area contributed by atoms with E-state index >= 15 is 0 Å². The average Bonchev–Trinajstić information content (AvgIpc) is 2.70. The van der Waals surface area contributed by atoms with E-state index in [0.717, 1.165) is 16.8 Å². The highest BCUT2D eigenvalue weighted by atomic mass is 16.5. The molecule has 1 heterocycles. The summed E-state index contributed by atoms with van der Waals surface area (Å²) >= 11 is 0. The number of aromatic nitrogens is 2. The predicted octanol–water partition coefficient (Wildman–Crippen LogP) is 3.88. The second-order valence-electron chi connectivity index (χ2n) is 6.22. The minimum Gasteiger partial charge on any atom is -0.465 e. The molecule has 0 aliphatic carbocycles. The summed E-state index contributed by atoms with van der Waals surface area (Å²) in [6.45, 7) is 3.88. The maximum absolute atomic E-state index is 12.6. The molecule has 0 unspecified atom stereocenters. The van der Waals surface area contributed by atoms with Gasteiger partial charge in [0.25, 0.3) is 5.91 Å². The van der Waals surface area contributed by atoms with E-state index in [4.69, 9.17) is 4.74 Å². The first-order valence-electron chi connectivity index (χ1n) is 8.63. The largest absolute Gasteiger partial charge is 0.465 e.